The van der Waals surface area contributed by atoms with E-state index in [4.69, 9.17) is 0 Å². The zero-order valence-corrected chi connectivity index (χ0v) is 14.7. The molecule has 1 aromatic rings. The van der Waals surface area contributed by atoms with Gasteiger partial charge in [-0.1, -0.05) is 17.8 Å². The van der Waals surface area contributed by atoms with E-state index in [1.807, 2.05) is 12.1 Å². The van der Waals surface area contributed by atoms with E-state index in [-0.39, 0.29) is 0 Å². The molecule has 0 fully saturated rings. The van der Waals surface area contributed by atoms with Crippen molar-refractivity contribution in [3.05, 3.63) is 34.7 Å². The summed E-state index contributed by atoms with van der Waals surface area (Å²) in [5.41, 5.74) is 4.29. The molecule has 0 bridgehead atoms. The molecule has 3 aliphatic heterocycles. The van der Waals surface area contributed by atoms with Crippen LogP contribution in [0.1, 0.15) is 24.0 Å². The number of nitrogens with zero attached hydrogens (tertiary/aromatic N) is 3. The van der Waals surface area contributed by atoms with Crippen LogP contribution in [0.25, 0.3) is 5.70 Å². The van der Waals surface area contributed by atoms with Crippen molar-refractivity contribution in [2.75, 3.05) is 30.2 Å². The standard InChI is InChI=1S/C16H19N3O2S2/c1-23(20,21)19-9-2-4-12-10-13(5-6-14(12)19)15-11-22-16-17-7-3-8-18(15)16/h5-6,10-11H,2-4,7-9H2,1H3. The highest BCUT2D eigenvalue weighted by atomic mass is 32.2. The first-order valence-corrected chi connectivity index (χ1v) is 10.6. The molecule has 0 aliphatic carbocycles. The van der Waals surface area contributed by atoms with Crippen LogP contribution in [0.5, 0.6) is 0 Å². The van der Waals surface area contributed by atoms with Crippen molar-refractivity contribution in [2.24, 2.45) is 4.99 Å². The fourth-order valence-electron chi connectivity index (χ4n) is 3.37. The molecule has 122 valence electrons. The van der Waals surface area contributed by atoms with Crippen molar-refractivity contribution in [2.45, 2.75) is 19.3 Å². The maximum absolute atomic E-state index is 12.0. The number of hydrogen-bond donors (Lipinski definition) is 0. The average Bonchev–Trinajstić information content (AvgIpc) is 2.97. The highest BCUT2D eigenvalue weighted by molar-refractivity contribution is 8.16. The third kappa shape index (κ3) is 2.65. The maximum Gasteiger partial charge on any atom is 0.232 e. The van der Waals surface area contributed by atoms with Crippen molar-refractivity contribution in [1.82, 2.24) is 4.90 Å². The minimum atomic E-state index is -3.21. The fraction of sp³-hybridized carbons (Fsp3) is 0.438. The monoisotopic (exact) mass is 349 g/mol. The van der Waals surface area contributed by atoms with E-state index >= 15 is 0 Å². The molecule has 7 heteroatoms. The highest BCUT2D eigenvalue weighted by Crippen LogP contribution is 2.38. The summed E-state index contributed by atoms with van der Waals surface area (Å²) < 4.78 is 25.5. The Kier molecular flexibility index (Phi) is 3.65. The van der Waals surface area contributed by atoms with E-state index < -0.39 is 10.0 Å². The Hall–Kier alpha value is -1.47. The predicted molar refractivity (Wildman–Crippen MR) is 96.1 cm³/mol. The Bertz CT molecular complexity index is 815. The van der Waals surface area contributed by atoms with Gasteiger partial charge in [0.05, 0.1) is 17.6 Å². The lowest BCUT2D eigenvalue weighted by molar-refractivity contribution is 0.542. The highest BCUT2D eigenvalue weighted by Gasteiger charge is 2.28. The smallest absolute Gasteiger partial charge is 0.232 e. The molecule has 0 radical (unpaired) electrons. The lowest BCUT2D eigenvalue weighted by Crippen LogP contribution is -2.34. The number of aryl methyl sites for hydroxylation is 1. The van der Waals surface area contributed by atoms with Gasteiger partial charge in [-0.05, 0) is 42.5 Å². The number of rotatable bonds is 2. The van der Waals surface area contributed by atoms with Gasteiger partial charge in [0.1, 0.15) is 0 Å². The molecule has 0 unspecified atom stereocenters. The molecule has 0 spiro atoms. The van der Waals surface area contributed by atoms with Gasteiger partial charge in [-0.3, -0.25) is 9.30 Å². The molecule has 4 rings (SSSR count). The summed E-state index contributed by atoms with van der Waals surface area (Å²) >= 11 is 1.68. The van der Waals surface area contributed by atoms with Gasteiger partial charge in [0.25, 0.3) is 0 Å². The number of sulfonamides is 1. The molecule has 23 heavy (non-hydrogen) atoms. The van der Waals surface area contributed by atoms with E-state index in [9.17, 15) is 8.42 Å². The quantitative estimate of drug-likeness (QED) is 0.823. The molecule has 1 aromatic carbocycles. The molecular weight excluding hydrogens is 330 g/mol. The van der Waals surface area contributed by atoms with Crippen molar-refractivity contribution in [3.8, 4) is 0 Å². The molecule has 5 nitrogen and oxygen atoms in total. The van der Waals surface area contributed by atoms with Gasteiger partial charge < -0.3 is 4.90 Å². The van der Waals surface area contributed by atoms with Crippen molar-refractivity contribution in [3.63, 3.8) is 0 Å². The lowest BCUT2D eigenvalue weighted by Gasteiger charge is -2.30. The molecular formula is C16H19N3O2S2. The van der Waals surface area contributed by atoms with Crippen LogP contribution >= 0.6 is 11.8 Å². The van der Waals surface area contributed by atoms with Gasteiger partial charge >= 0.3 is 0 Å². The number of thioether (sulfide) groups is 1. The number of hydrogen-bond acceptors (Lipinski definition) is 5. The Balaban J connectivity index is 1.71. The van der Waals surface area contributed by atoms with Gasteiger partial charge in [0, 0.05) is 25.0 Å². The largest absolute Gasteiger partial charge is 0.320 e. The molecule has 0 atom stereocenters. The molecule has 0 N–H and O–H groups in total. The van der Waals surface area contributed by atoms with Crippen LogP contribution in [0.2, 0.25) is 0 Å². The molecule has 0 saturated heterocycles. The summed E-state index contributed by atoms with van der Waals surface area (Å²) in [5.74, 6) is 0. The second-order valence-electron chi connectivity index (χ2n) is 6.07. The second kappa shape index (κ2) is 5.56. The SMILES string of the molecule is CS(=O)(=O)N1CCCc2cc(C3=CSC4=NCCCN34)ccc21. The fourth-order valence-corrected chi connectivity index (χ4v) is 5.33. The molecule has 3 heterocycles. The van der Waals surface area contributed by atoms with E-state index in [1.54, 1.807) is 11.8 Å². The Labute approximate surface area is 141 Å². The number of anilines is 1. The van der Waals surface area contributed by atoms with E-state index in [1.165, 1.54) is 16.3 Å². The van der Waals surface area contributed by atoms with Gasteiger partial charge in [-0.15, -0.1) is 0 Å². The molecule has 0 amide bonds. The summed E-state index contributed by atoms with van der Waals surface area (Å²) in [6.07, 6.45) is 4.15. The zero-order valence-electron chi connectivity index (χ0n) is 13.0. The third-order valence-corrected chi connectivity index (χ3v) is 6.52. The van der Waals surface area contributed by atoms with Gasteiger partial charge in [-0.2, -0.15) is 0 Å². The second-order valence-corrected chi connectivity index (χ2v) is 8.82. The van der Waals surface area contributed by atoms with Gasteiger partial charge in [0.2, 0.25) is 10.0 Å². The number of aliphatic imine (C=N–C) groups is 1. The van der Waals surface area contributed by atoms with Crippen LogP contribution in [0.15, 0.2) is 28.6 Å². The molecule has 3 aliphatic rings. The van der Waals surface area contributed by atoms with E-state index in [2.05, 4.69) is 21.4 Å². The first-order chi connectivity index (χ1) is 11.0. The van der Waals surface area contributed by atoms with Crippen LogP contribution in [0.4, 0.5) is 5.69 Å². The van der Waals surface area contributed by atoms with Gasteiger partial charge in [0.15, 0.2) is 5.17 Å². The number of benzene rings is 1. The summed E-state index contributed by atoms with van der Waals surface area (Å²) in [7, 11) is -3.21. The molecule has 0 saturated carbocycles. The van der Waals surface area contributed by atoms with E-state index in [0.29, 0.717) is 6.54 Å². The summed E-state index contributed by atoms with van der Waals surface area (Å²) in [6, 6.07) is 6.14. The Morgan fingerprint density at radius 1 is 1.22 bits per heavy atom. The third-order valence-electron chi connectivity index (χ3n) is 4.44. The van der Waals surface area contributed by atoms with Crippen molar-refractivity contribution < 1.29 is 8.42 Å². The molecule has 0 aromatic heterocycles. The topological polar surface area (TPSA) is 53.0 Å². The van der Waals surface area contributed by atoms with Crippen LogP contribution in [0, 0.1) is 0 Å². The van der Waals surface area contributed by atoms with Crippen LogP contribution < -0.4 is 4.31 Å². The minimum absolute atomic E-state index is 0.576. The van der Waals surface area contributed by atoms with Crippen LogP contribution in [-0.2, 0) is 16.4 Å². The van der Waals surface area contributed by atoms with Crippen molar-refractivity contribution >= 4 is 38.3 Å². The zero-order chi connectivity index (χ0) is 16.0. The van der Waals surface area contributed by atoms with Crippen molar-refractivity contribution in [1.29, 1.82) is 0 Å². The number of fused-ring (bicyclic) bond motifs is 2. The van der Waals surface area contributed by atoms with Gasteiger partial charge in [-0.25, -0.2) is 8.42 Å². The minimum Gasteiger partial charge on any atom is -0.320 e. The summed E-state index contributed by atoms with van der Waals surface area (Å²) in [4.78, 5) is 6.84. The normalized spacial score (nSPS) is 20.7. The summed E-state index contributed by atoms with van der Waals surface area (Å²) in [6.45, 7) is 2.49. The Morgan fingerprint density at radius 2 is 2.09 bits per heavy atom. The average molecular weight is 349 g/mol. The summed E-state index contributed by atoms with van der Waals surface area (Å²) in [5, 5.41) is 3.24. The predicted octanol–water partition coefficient (Wildman–Crippen LogP) is 2.51. The van der Waals surface area contributed by atoms with Crippen LogP contribution in [0.3, 0.4) is 0 Å². The first kappa shape index (κ1) is 15.1. The maximum atomic E-state index is 12.0. The number of amidine groups is 1. The lowest BCUT2D eigenvalue weighted by atomic mass is 9.99. The Morgan fingerprint density at radius 3 is 2.91 bits per heavy atom. The van der Waals surface area contributed by atoms with Crippen LogP contribution in [-0.4, -0.2) is 44.4 Å². The first-order valence-electron chi connectivity index (χ1n) is 7.84. The van der Waals surface area contributed by atoms with E-state index in [0.717, 1.165) is 54.3 Å².